The van der Waals surface area contributed by atoms with Gasteiger partial charge >= 0.3 is 0 Å². The van der Waals surface area contributed by atoms with Crippen molar-refractivity contribution in [2.75, 3.05) is 31.1 Å². The monoisotopic (exact) mass is 325 g/mol. The Kier molecular flexibility index (Phi) is 4.79. The maximum Gasteiger partial charge on any atom is 0.137 e. The first-order valence-corrected chi connectivity index (χ1v) is 7.83. The van der Waals surface area contributed by atoms with E-state index in [1.165, 1.54) is 16.3 Å². The number of benzene rings is 2. The molecule has 1 aromatic heterocycles. The van der Waals surface area contributed by atoms with Gasteiger partial charge in [-0.05, 0) is 11.5 Å². The van der Waals surface area contributed by atoms with E-state index in [0.717, 1.165) is 37.7 Å². The fourth-order valence-electron chi connectivity index (χ4n) is 3.05. The van der Waals surface area contributed by atoms with Crippen molar-refractivity contribution >= 4 is 29.0 Å². The zero-order chi connectivity index (χ0) is 14.8. The van der Waals surface area contributed by atoms with Crippen LogP contribution in [0.4, 0.5) is 5.82 Å². The van der Waals surface area contributed by atoms with Gasteiger partial charge in [0.05, 0.1) is 5.69 Å². The summed E-state index contributed by atoms with van der Waals surface area (Å²) in [5.41, 5.74) is 2.22. The molecule has 1 aliphatic heterocycles. The summed E-state index contributed by atoms with van der Waals surface area (Å²) in [6, 6.07) is 21.2. The van der Waals surface area contributed by atoms with E-state index >= 15 is 0 Å². The first-order valence-electron chi connectivity index (χ1n) is 7.83. The maximum atomic E-state index is 4.99. The Morgan fingerprint density at radius 2 is 1.57 bits per heavy atom. The fraction of sp³-hybridized carbons (Fsp3) is 0.211. The van der Waals surface area contributed by atoms with Gasteiger partial charge in [-0.25, -0.2) is 4.98 Å². The number of halogens is 1. The molecule has 2 heterocycles. The third-order valence-corrected chi connectivity index (χ3v) is 4.21. The van der Waals surface area contributed by atoms with Crippen molar-refractivity contribution in [3.05, 3.63) is 60.7 Å². The maximum absolute atomic E-state index is 4.99. The van der Waals surface area contributed by atoms with Crippen molar-refractivity contribution < 1.29 is 0 Å². The van der Waals surface area contributed by atoms with E-state index < -0.39 is 0 Å². The fourth-order valence-corrected chi connectivity index (χ4v) is 3.05. The van der Waals surface area contributed by atoms with Gasteiger partial charge < -0.3 is 10.2 Å². The molecule has 3 nitrogen and oxygen atoms in total. The van der Waals surface area contributed by atoms with E-state index in [4.69, 9.17) is 4.98 Å². The molecular weight excluding hydrogens is 306 g/mol. The van der Waals surface area contributed by atoms with Crippen molar-refractivity contribution in [1.82, 2.24) is 10.3 Å². The van der Waals surface area contributed by atoms with Gasteiger partial charge in [0.15, 0.2) is 0 Å². The quantitative estimate of drug-likeness (QED) is 0.778. The largest absolute Gasteiger partial charge is 0.354 e. The number of anilines is 1. The van der Waals surface area contributed by atoms with E-state index in [2.05, 4.69) is 64.8 Å². The molecule has 23 heavy (non-hydrogen) atoms. The lowest BCUT2D eigenvalue weighted by Gasteiger charge is -2.29. The van der Waals surface area contributed by atoms with Crippen LogP contribution in [0, 0.1) is 0 Å². The molecule has 0 amide bonds. The number of rotatable bonds is 2. The molecule has 4 rings (SSSR count). The Morgan fingerprint density at radius 1 is 0.870 bits per heavy atom. The molecule has 1 fully saturated rings. The summed E-state index contributed by atoms with van der Waals surface area (Å²) in [5, 5.41) is 5.90. The van der Waals surface area contributed by atoms with Gasteiger partial charge in [-0.15, -0.1) is 12.4 Å². The molecule has 3 aromatic rings. The average Bonchev–Trinajstić information content (AvgIpc) is 2.62. The van der Waals surface area contributed by atoms with Crippen LogP contribution >= 0.6 is 12.4 Å². The second kappa shape index (κ2) is 6.99. The number of pyridine rings is 1. The van der Waals surface area contributed by atoms with Crippen LogP contribution in [0.3, 0.4) is 0 Å². The van der Waals surface area contributed by atoms with Gasteiger partial charge in [-0.1, -0.05) is 54.6 Å². The Bertz CT molecular complexity index is 783. The molecule has 2 aromatic carbocycles. The summed E-state index contributed by atoms with van der Waals surface area (Å²) in [4.78, 5) is 7.39. The first kappa shape index (κ1) is 15.8. The normalized spacial score (nSPS) is 14.5. The number of aromatic nitrogens is 1. The topological polar surface area (TPSA) is 28.2 Å². The van der Waals surface area contributed by atoms with Gasteiger partial charge in [0.1, 0.15) is 5.82 Å². The third kappa shape index (κ3) is 3.16. The highest BCUT2D eigenvalue weighted by Gasteiger charge is 2.16. The van der Waals surface area contributed by atoms with Crippen LogP contribution in [0.1, 0.15) is 0 Å². The molecule has 1 N–H and O–H groups in total. The molecule has 0 unspecified atom stereocenters. The van der Waals surface area contributed by atoms with E-state index in [-0.39, 0.29) is 12.4 Å². The molecule has 1 saturated heterocycles. The highest BCUT2D eigenvalue weighted by Crippen LogP contribution is 2.30. The Morgan fingerprint density at radius 3 is 2.35 bits per heavy atom. The van der Waals surface area contributed by atoms with Crippen LogP contribution in [0.2, 0.25) is 0 Å². The second-order valence-corrected chi connectivity index (χ2v) is 5.66. The summed E-state index contributed by atoms with van der Waals surface area (Å²) in [6.07, 6.45) is 0. The van der Waals surface area contributed by atoms with Gasteiger partial charge in [0.25, 0.3) is 0 Å². The van der Waals surface area contributed by atoms with Crippen LogP contribution in [-0.4, -0.2) is 31.2 Å². The van der Waals surface area contributed by atoms with Crippen LogP contribution in [0.5, 0.6) is 0 Å². The van der Waals surface area contributed by atoms with E-state index in [1.54, 1.807) is 0 Å². The first-order chi connectivity index (χ1) is 10.9. The predicted octanol–water partition coefficient (Wildman–Crippen LogP) is 3.73. The number of hydrogen-bond donors (Lipinski definition) is 1. The molecule has 0 atom stereocenters. The van der Waals surface area contributed by atoms with Crippen molar-refractivity contribution in [2.45, 2.75) is 0 Å². The van der Waals surface area contributed by atoms with E-state index in [1.807, 2.05) is 6.07 Å². The number of hydrogen-bond acceptors (Lipinski definition) is 3. The molecular formula is C19H20ClN3. The number of fused-ring (bicyclic) bond motifs is 1. The molecule has 0 saturated carbocycles. The minimum absolute atomic E-state index is 0. The van der Waals surface area contributed by atoms with Crippen molar-refractivity contribution in [3.63, 3.8) is 0 Å². The molecule has 118 valence electrons. The highest BCUT2D eigenvalue weighted by atomic mass is 35.5. The summed E-state index contributed by atoms with van der Waals surface area (Å²) < 4.78 is 0. The van der Waals surface area contributed by atoms with Crippen LogP contribution in [0.25, 0.3) is 22.0 Å². The lowest BCUT2D eigenvalue weighted by Crippen LogP contribution is -2.44. The Labute approximate surface area is 142 Å². The molecule has 0 aliphatic carbocycles. The van der Waals surface area contributed by atoms with Gasteiger partial charge in [0, 0.05) is 37.1 Å². The Balaban J connectivity index is 0.00000156. The Hall–Kier alpha value is -2.10. The molecule has 0 radical (unpaired) electrons. The second-order valence-electron chi connectivity index (χ2n) is 5.66. The zero-order valence-electron chi connectivity index (χ0n) is 12.9. The van der Waals surface area contributed by atoms with E-state index in [9.17, 15) is 0 Å². The average molecular weight is 326 g/mol. The zero-order valence-corrected chi connectivity index (χ0v) is 13.7. The van der Waals surface area contributed by atoms with Crippen LogP contribution < -0.4 is 10.2 Å². The molecule has 0 bridgehead atoms. The van der Waals surface area contributed by atoms with Crippen molar-refractivity contribution in [3.8, 4) is 11.3 Å². The molecule has 1 aliphatic rings. The lowest BCUT2D eigenvalue weighted by atomic mass is 10.1. The smallest absolute Gasteiger partial charge is 0.137 e. The summed E-state index contributed by atoms with van der Waals surface area (Å²) in [6.45, 7) is 4.06. The highest BCUT2D eigenvalue weighted by molar-refractivity contribution is 5.95. The molecule has 0 spiro atoms. The SMILES string of the molecule is Cl.c1ccc(-c2cc3ccccc3c(N3CCNCC3)n2)cc1. The van der Waals surface area contributed by atoms with Gasteiger partial charge in [-0.2, -0.15) is 0 Å². The number of nitrogens with zero attached hydrogens (tertiary/aromatic N) is 2. The lowest BCUT2D eigenvalue weighted by molar-refractivity contribution is 0.586. The van der Waals surface area contributed by atoms with Gasteiger partial charge in [0.2, 0.25) is 0 Å². The number of nitrogens with one attached hydrogen (secondary N) is 1. The summed E-state index contributed by atoms with van der Waals surface area (Å²) in [5.74, 6) is 1.11. The van der Waals surface area contributed by atoms with E-state index in [0.29, 0.717) is 0 Å². The van der Waals surface area contributed by atoms with Crippen LogP contribution in [-0.2, 0) is 0 Å². The van der Waals surface area contributed by atoms with Gasteiger partial charge in [-0.3, -0.25) is 0 Å². The molecule has 4 heteroatoms. The minimum atomic E-state index is 0. The summed E-state index contributed by atoms with van der Waals surface area (Å²) in [7, 11) is 0. The summed E-state index contributed by atoms with van der Waals surface area (Å²) >= 11 is 0. The number of piperazine rings is 1. The standard InChI is InChI=1S/C19H19N3.ClH/c1-2-6-15(7-3-1)18-14-16-8-4-5-9-17(16)19(21-18)22-12-10-20-11-13-22;/h1-9,14,20H,10-13H2;1H. The predicted molar refractivity (Wildman–Crippen MR) is 99.5 cm³/mol. The van der Waals surface area contributed by atoms with Crippen molar-refractivity contribution in [2.24, 2.45) is 0 Å². The van der Waals surface area contributed by atoms with Crippen LogP contribution in [0.15, 0.2) is 60.7 Å². The minimum Gasteiger partial charge on any atom is -0.354 e. The third-order valence-electron chi connectivity index (χ3n) is 4.21. The van der Waals surface area contributed by atoms with Crippen molar-refractivity contribution in [1.29, 1.82) is 0 Å².